The normalized spacial score (nSPS) is 34.2. The van der Waals surface area contributed by atoms with E-state index in [-0.39, 0.29) is 22.9 Å². The zero-order chi connectivity index (χ0) is 14.5. The van der Waals surface area contributed by atoms with Gasteiger partial charge in [0, 0.05) is 8.99 Å². The molecule has 0 aliphatic heterocycles. The first-order valence-corrected chi connectivity index (χ1v) is 8.39. The van der Waals surface area contributed by atoms with E-state index in [2.05, 4.69) is 43.4 Å². The maximum absolute atomic E-state index is 12.4. The number of carbonyl (C=O) groups is 1. The molecule has 108 valence electrons. The highest BCUT2D eigenvalue weighted by Gasteiger charge is 2.62. The Balaban J connectivity index is 1.78. The van der Waals surface area contributed by atoms with Crippen LogP contribution >= 0.6 is 22.6 Å². The summed E-state index contributed by atoms with van der Waals surface area (Å²) in [5, 5.41) is 0. The van der Waals surface area contributed by atoms with Crippen LogP contribution in [-0.4, -0.2) is 12.1 Å². The Morgan fingerprint density at radius 1 is 1.35 bits per heavy atom. The second-order valence-corrected chi connectivity index (χ2v) is 8.26. The summed E-state index contributed by atoms with van der Waals surface area (Å²) in [6, 6.07) is 7.62. The van der Waals surface area contributed by atoms with Crippen LogP contribution in [0.15, 0.2) is 24.3 Å². The molecule has 3 unspecified atom stereocenters. The lowest BCUT2D eigenvalue weighted by Crippen LogP contribution is -2.38. The van der Waals surface area contributed by atoms with E-state index in [1.807, 2.05) is 24.3 Å². The van der Waals surface area contributed by atoms with E-state index < -0.39 is 0 Å². The van der Waals surface area contributed by atoms with Crippen LogP contribution in [0.3, 0.4) is 0 Å². The summed E-state index contributed by atoms with van der Waals surface area (Å²) in [6.45, 7) is 6.97. The zero-order valence-electron chi connectivity index (χ0n) is 12.3. The molecule has 0 heterocycles. The van der Waals surface area contributed by atoms with E-state index in [0.29, 0.717) is 11.5 Å². The minimum absolute atomic E-state index is 0.0709. The number of halogens is 1. The van der Waals surface area contributed by atoms with E-state index in [1.54, 1.807) is 0 Å². The van der Waals surface area contributed by atoms with Crippen LogP contribution in [-0.2, 0) is 4.74 Å². The molecule has 0 radical (unpaired) electrons. The third-order valence-corrected chi connectivity index (χ3v) is 6.69. The van der Waals surface area contributed by atoms with Crippen LogP contribution in [0.4, 0.5) is 0 Å². The van der Waals surface area contributed by atoms with Gasteiger partial charge in [-0.05, 0) is 71.4 Å². The molecule has 2 nitrogen and oxygen atoms in total. The molecule has 2 saturated carbocycles. The van der Waals surface area contributed by atoms with Gasteiger partial charge in [-0.1, -0.05) is 26.8 Å². The van der Waals surface area contributed by atoms with Gasteiger partial charge < -0.3 is 4.74 Å². The van der Waals surface area contributed by atoms with Crippen LogP contribution < -0.4 is 0 Å². The third kappa shape index (κ3) is 2.00. The standard InChI is InChI=1S/C17H21IO2/c1-16(2)12-7-8-17(16,3)14(10-12)20-15(19)11-5-4-6-13(18)9-11/h4-6,9,12,14H,7-8,10H2,1-3H3. The molecule has 0 spiro atoms. The third-order valence-electron chi connectivity index (χ3n) is 6.02. The van der Waals surface area contributed by atoms with Crippen LogP contribution in [0.5, 0.6) is 0 Å². The van der Waals surface area contributed by atoms with Crippen LogP contribution in [0.1, 0.15) is 50.4 Å². The van der Waals surface area contributed by atoms with Crippen molar-refractivity contribution in [3.05, 3.63) is 33.4 Å². The summed E-state index contributed by atoms with van der Waals surface area (Å²) in [5.41, 5.74) is 1.08. The second kappa shape index (κ2) is 4.72. The van der Waals surface area contributed by atoms with Crippen molar-refractivity contribution in [1.29, 1.82) is 0 Å². The van der Waals surface area contributed by atoms with Crippen molar-refractivity contribution in [2.45, 2.75) is 46.1 Å². The predicted octanol–water partition coefficient (Wildman–Crippen LogP) is 4.66. The summed E-state index contributed by atoms with van der Waals surface area (Å²) in [5.74, 6) is 0.527. The molecule has 2 aliphatic rings. The van der Waals surface area contributed by atoms with Crippen molar-refractivity contribution in [1.82, 2.24) is 0 Å². The first kappa shape index (κ1) is 14.4. The minimum atomic E-state index is -0.168. The Morgan fingerprint density at radius 2 is 2.10 bits per heavy atom. The quantitative estimate of drug-likeness (QED) is 0.548. The molecule has 0 N–H and O–H groups in total. The smallest absolute Gasteiger partial charge is 0.338 e. The Kier molecular flexibility index (Phi) is 3.39. The number of rotatable bonds is 2. The lowest BCUT2D eigenvalue weighted by Gasteiger charge is -2.38. The van der Waals surface area contributed by atoms with Crippen molar-refractivity contribution in [2.75, 3.05) is 0 Å². The van der Waals surface area contributed by atoms with Crippen LogP contribution in [0.2, 0.25) is 0 Å². The number of esters is 1. The fraction of sp³-hybridized carbons (Fsp3) is 0.588. The van der Waals surface area contributed by atoms with Gasteiger partial charge in [0.25, 0.3) is 0 Å². The maximum atomic E-state index is 12.4. The van der Waals surface area contributed by atoms with Gasteiger partial charge in [0.15, 0.2) is 0 Å². The van der Waals surface area contributed by atoms with Gasteiger partial charge in [0.05, 0.1) is 5.56 Å². The molecular weight excluding hydrogens is 363 g/mol. The molecule has 2 bridgehead atoms. The number of fused-ring (bicyclic) bond motifs is 2. The Hall–Kier alpha value is -0.580. The van der Waals surface area contributed by atoms with Crippen LogP contribution in [0.25, 0.3) is 0 Å². The van der Waals surface area contributed by atoms with Gasteiger partial charge >= 0.3 is 5.97 Å². The van der Waals surface area contributed by atoms with Crippen molar-refractivity contribution >= 4 is 28.6 Å². The number of benzene rings is 1. The topological polar surface area (TPSA) is 26.3 Å². The molecule has 3 rings (SSSR count). The van der Waals surface area contributed by atoms with E-state index in [0.717, 1.165) is 9.99 Å². The fourth-order valence-corrected chi connectivity index (χ4v) is 4.66. The van der Waals surface area contributed by atoms with Gasteiger partial charge in [-0.3, -0.25) is 0 Å². The van der Waals surface area contributed by atoms with Crippen molar-refractivity contribution in [2.24, 2.45) is 16.7 Å². The van der Waals surface area contributed by atoms with E-state index in [4.69, 9.17) is 4.74 Å². The van der Waals surface area contributed by atoms with Crippen LogP contribution in [0, 0.1) is 20.3 Å². The van der Waals surface area contributed by atoms with Gasteiger partial charge in [-0.25, -0.2) is 4.79 Å². The average molecular weight is 384 g/mol. The molecule has 0 amide bonds. The summed E-state index contributed by atoms with van der Waals surface area (Å²) in [6.07, 6.45) is 3.55. The van der Waals surface area contributed by atoms with E-state index >= 15 is 0 Å². The van der Waals surface area contributed by atoms with Gasteiger partial charge in [0.2, 0.25) is 0 Å². The number of hydrogen-bond acceptors (Lipinski definition) is 2. The molecular formula is C17H21IO2. The molecule has 0 saturated heterocycles. The summed E-state index contributed by atoms with van der Waals surface area (Å²) >= 11 is 2.22. The molecule has 2 fully saturated rings. The number of carbonyl (C=O) groups excluding carboxylic acids is 1. The molecule has 0 aromatic heterocycles. The fourth-order valence-electron chi connectivity index (χ4n) is 4.12. The molecule has 3 atom stereocenters. The highest BCUT2D eigenvalue weighted by Crippen LogP contribution is 2.66. The van der Waals surface area contributed by atoms with Crippen molar-refractivity contribution in [3.8, 4) is 0 Å². The highest BCUT2D eigenvalue weighted by molar-refractivity contribution is 14.1. The average Bonchev–Trinajstić information content (AvgIpc) is 2.72. The number of ether oxygens (including phenoxy) is 1. The number of hydrogen-bond donors (Lipinski definition) is 0. The monoisotopic (exact) mass is 384 g/mol. The van der Waals surface area contributed by atoms with Gasteiger partial charge in [0.1, 0.15) is 6.10 Å². The Bertz CT molecular complexity index is 552. The minimum Gasteiger partial charge on any atom is -0.458 e. The summed E-state index contributed by atoms with van der Waals surface area (Å²) in [7, 11) is 0. The van der Waals surface area contributed by atoms with E-state index in [9.17, 15) is 4.79 Å². The van der Waals surface area contributed by atoms with Gasteiger partial charge in [-0.2, -0.15) is 0 Å². The van der Waals surface area contributed by atoms with Gasteiger partial charge in [-0.15, -0.1) is 0 Å². The second-order valence-electron chi connectivity index (χ2n) is 7.01. The summed E-state index contributed by atoms with van der Waals surface area (Å²) < 4.78 is 6.95. The molecule has 2 aliphatic carbocycles. The largest absolute Gasteiger partial charge is 0.458 e. The molecule has 3 heteroatoms. The maximum Gasteiger partial charge on any atom is 0.338 e. The molecule has 1 aromatic carbocycles. The highest BCUT2D eigenvalue weighted by atomic mass is 127. The summed E-state index contributed by atoms with van der Waals surface area (Å²) in [4.78, 5) is 12.4. The lowest BCUT2D eigenvalue weighted by atomic mass is 9.70. The first-order valence-electron chi connectivity index (χ1n) is 7.31. The Labute approximate surface area is 134 Å². The molecule has 1 aromatic rings. The zero-order valence-corrected chi connectivity index (χ0v) is 14.4. The van der Waals surface area contributed by atoms with E-state index in [1.165, 1.54) is 12.8 Å². The lowest BCUT2D eigenvalue weighted by molar-refractivity contribution is -0.0242. The molecule has 20 heavy (non-hydrogen) atoms. The predicted molar refractivity (Wildman–Crippen MR) is 87.6 cm³/mol. The SMILES string of the molecule is CC1(C)C2CCC1(C)C(OC(=O)c1cccc(I)c1)C2. The van der Waals surface area contributed by atoms with Crippen molar-refractivity contribution < 1.29 is 9.53 Å². The first-order chi connectivity index (χ1) is 9.34. The Morgan fingerprint density at radius 3 is 2.65 bits per heavy atom. The van der Waals surface area contributed by atoms with Crippen molar-refractivity contribution in [3.63, 3.8) is 0 Å².